The van der Waals surface area contributed by atoms with Crippen molar-refractivity contribution in [3.63, 3.8) is 0 Å². The van der Waals surface area contributed by atoms with Gasteiger partial charge in [-0.15, -0.1) is 10.2 Å². The maximum atomic E-state index is 9.07. The van der Waals surface area contributed by atoms with Crippen molar-refractivity contribution in [3.05, 3.63) is 59.6 Å². The molecule has 0 spiro atoms. The van der Waals surface area contributed by atoms with Crippen molar-refractivity contribution in [2.75, 3.05) is 0 Å². The summed E-state index contributed by atoms with van der Waals surface area (Å²) in [5, 5.41) is 18.8. The van der Waals surface area contributed by atoms with Crippen LogP contribution in [0.3, 0.4) is 0 Å². The summed E-state index contributed by atoms with van der Waals surface area (Å²) in [7, 11) is 0. The molecule has 3 aromatic rings. The van der Waals surface area contributed by atoms with Gasteiger partial charge in [0.15, 0.2) is 11.0 Å². The van der Waals surface area contributed by atoms with Gasteiger partial charge in [-0.2, -0.15) is 5.26 Å². The van der Waals surface area contributed by atoms with Crippen molar-refractivity contribution < 1.29 is 0 Å². The minimum absolute atomic E-state index is 0.209. The molecule has 0 N–H and O–H groups in total. The summed E-state index contributed by atoms with van der Waals surface area (Å²) in [4.78, 5) is 0. The lowest BCUT2D eigenvalue weighted by molar-refractivity contribution is 0.883. The van der Waals surface area contributed by atoms with Gasteiger partial charge in [0.2, 0.25) is 0 Å². The molecule has 0 amide bonds. The number of hydrogen-bond acceptors (Lipinski definition) is 4. The first-order valence-corrected chi connectivity index (χ1v) is 8.28. The second kappa shape index (κ2) is 6.86. The van der Waals surface area contributed by atoms with E-state index in [1.807, 2.05) is 66.1 Å². The molecule has 0 aliphatic heterocycles. The number of para-hydroxylation sites is 1. The molecule has 0 saturated carbocycles. The highest BCUT2D eigenvalue weighted by Crippen LogP contribution is 2.30. The smallest absolute Gasteiger partial charge is 0.197 e. The average Bonchev–Trinajstić information content (AvgIpc) is 2.99. The topological polar surface area (TPSA) is 54.5 Å². The molecule has 3 rings (SSSR count). The zero-order valence-corrected chi connectivity index (χ0v) is 13.9. The Balaban J connectivity index is 2.13. The van der Waals surface area contributed by atoms with Gasteiger partial charge in [-0.1, -0.05) is 41.6 Å². The Hall–Kier alpha value is -2.29. The van der Waals surface area contributed by atoms with E-state index in [-0.39, 0.29) is 5.25 Å². The lowest BCUT2D eigenvalue weighted by atomic mass is 10.2. The molecule has 0 bridgehead atoms. The molecule has 0 aliphatic rings. The Bertz CT molecular complexity index is 837. The third-order valence-electron chi connectivity index (χ3n) is 3.21. The number of rotatable bonds is 4. The van der Waals surface area contributed by atoms with E-state index < -0.39 is 0 Å². The van der Waals surface area contributed by atoms with Crippen LogP contribution in [0.25, 0.3) is 17.1 Å². The van der Waals surface area contributed by atoms with Gasteiger partial charge >= 0.3 is 0 Å². The number of nitriles is 1. The molecule has 2 aromatic carbocycles. The second-order valence-corrected chi connectivity index (χ2v) is 6.62. The number of halogens is 1. The van der Waals surface area contributed by atoms with Crippen LogP contribution in [0.2, 0.25) is 5.02 Å². The van der Waals surface area contributed by atoms with E-state index in [2.05, 4.69) is 16.3 Å². The van der Waals surface area contributed by atoms with Crippen LogP contribution < -0.4 is 0 Å². The van der Waals surface area contributed by atoms with E-state index in [0.717, 1.165) is 17.1 Å². The van der Waals surface area contributed by atoms with Crippen molar-refractivity contribution in [1.29, 1.82) is 5.26 Å². The van der Waals surface area contributed by atoms with E-state index >= 15 is 0 Å². The fourth-order valence-electron chi connectivity index (χ4n) is 2.13. The predicted octanol–water partition coefficient (Wildman–Crippen LogP) is 4.59. The summed E-state index contributed by atoms with van der Waals surface area (Å²) in [6, 6.07) is 19.5. The number of hydrogen-bond donors (Lipinski definition) is 0. The van der Waals surface area contributed by atoms with Crippen LogP contribution in [0.4, 0.5) is 0 Å². The highest BCUT2D eigenvalue weighted by Gasteiger charge is 2.18. The van der Waals surface area contributed by atoms with Crippen LogP contribution in [-0.4, -0.2) is 20.0 Å². The van der Waals surface area contributed by atoms with Gasteiger partial charge in [-0.05, 0) is 43.3 Å². The fourth-order valence-corrected chi connectivity index (χ4v) is 3.01. The minimum Gasteiger partial charge on any atom is -0.270 e. The van der Waals surface area contributed by atoms with Crippen molar-refractivity contribution in [1.82, 2.24) is 14.8 Å². The second-order valence-electron chi connectivity index (χ2n) is 4.87. The van der Waals surface area contributed by atoms with Crippen molar-refractivity contribution in [3.8, 4) is 23.1 Å². The van der Waals surface area contributed by atoms with Crippen LogP contribution >= 0.6 is 23.4 Å². The summed E-state index contributed by atoms with van der Waals surface area (Å²) >= 11 is 7.35. The molecule has 114 valence electrons. The lowest BCUT2D eigenvalue weighted by Gasteiger charge is -2.10. The van der Waals surface area contributed by atoms with Crippen molar-refractivity contribution in [2.45, 2.75) is 17.3 Å². The third-order valence-corrected chi connectivity index (χ3v) is 4.40. The van der Waals surface area contributed by atoms with E-state index in [1.165, 1.54) is 11.8 Å². The maximum absolute atomic E-state index is 9.07. The molecule has 4 nitrogen and oxygen atoms in total. The zero-order valence-electron chi connectivity index (χ0n) is 12.3. The van der Waals surface area contributed by atoms with Gasteiger partial charge in [-0.25, -0.2) is 0 Å². The van der Waals surface area contributed by atoms with Crippen molar-refractivity contribution in [2.24, 2.45) is 0 Å². The largest absolute Gasteiger partial charge is 0.270 e. The molecule has 0 saturated heterocycles. The average molecular weight is 341 g/mol. The highest BCUT2D eigenvalue weighted by atomic mass is 35.5. The first kappa shape index (κ1) is 15.6. The Morgan fingerprint density at radius 1 is 1.09 bits per heavy atom. The normalized spacial score (nSPS) is 11.9. The van der Waals surface area contributed by atoms with Crippen LogP contribution in [0.1, 0.15) is 6.92 Å². The number of benzene rings is 2. The lowest BCUT2D eigenvalue weighted by Crippen LogP contribution is -2.01. The summed E-state index contributed by atoms with van der Waals surface area (Å²) in [5.74, 6) is 0.723. The third kappa shape index (κ3) is 3.39. The molecule has 0 fully saturated rings. The molecule has 6 heteroatoms. The SMILES string of the molecule is C[C@@H](C#N)Sc1nnc(-c2ccc(Cl)cc2)n1-c1ccccc1. The number of thioether (sulfide) groups is 1. The zero-order chi connectivity index (χ0) is 16.2. The molecule has 1 heterocycles. The Morgan fingerprint density at radius 3 is 2.43 bits per heavy atom. The highest BCUT2D eigenvalue weighted by molar-refractivity contribution is 8.00. The summed E-state index contributed by atoms with van der Waals surface area (Å²) in [5.41, 5.74) is 1.87. The van der Waals surface area contributed by atoms with Crippen LogP contribution in [-0.2, 0) is 0 Å². The molecular formula is C17H13ClN4S. The molecule has 1 aromatic heterocycles. The Morgan fingerprint density at radius 2 is 1.78 bits per heavy atom. The number of aromatic nitrogens is 3. The van der Waals surface area contributed by atoms with E-state index in [9.17, 15) is 0 Å². The van der Waals surface area contributed by atoms with Gasteiger partial charge in [0.05, 0.1) is 11.3 Å². The first-order chi connectivity index (χ1) is 11.2. The summed E-state index contributed by atoms with van der Waals surface area (Å²) in [6.45, 7) is 1.84. The molecule has 0 radical (unpaired) electrons. The predicted molar refractivity (Wildman–Crippen MR) is 92.7 cm³/mol. The molecule has 0 aliphatic carbocycles. The monoisotopic (exact) mass is 340 g/mol. The standard InChI is InChI=1S/C17H13ClN4S/c1-12(11-19)23-17-21-20-16(13-7-9-14(18)10-8-13)22(17)15-5-3-2-4-6-15/h2-10,12H,1H3/t12-/m0/s1. The quantitative estimate of drug-likeness (QED) is 0.652. The van der Waals surface area contributed by atoms with E-state index in [0.29, 0.717) is 10.2 Å². The van der Waals surface area contributed by atoms with Gasteiger partial charge < -0.3 is 0 Å². The van der Waals surface area contributed by atoms with Gasteiger partial charge in [-0.3, -0.25) is 4.57 Å². The van der Waals surface area contributed by atoms with E-state index in [4.69, 9.17) is 16.9 Å². The molecule has 1 atom stereocenters. The number of nitrogens with zero attached hydrogens (tertiary/aromatic N) is 4. The van der Waals surface area contributed by atoms with Crippen LogP contribution in [0, 0.1) is 11.3 Å². The van der Waals surface area contributed by atoms with Gasteiger partial charge in [0, 0.05) is 16.3 Å². The van der Waals surface area contributed by atoms with Gasteiger partial charge in [0.1, 0.15) is 0 Å². The summed E-state index contributed by atoms with van der Waals surface area (Å²) in [6.07, 6.45) is 0. The molecule has 0 unspecified atom stereocenters. The van der Waals surface area contributed by atoms with Crippen LogP contribution in [0.15, 0.2) is 59.8 Å². The van der Waals surface area contributed by atoms with Crippen molar-refractivity contribution >= 4 is 23.4 Å². The molecule has 23 heavy (non-hydrogen) atoms. The van der Waals surface area contributed by atoms with E-state index in [1.54, 1.807) is 0 Å². The Labute approximate surface area is 143 Å². The van der Waals surface area contributed by atoms with Crippen LogP contribution in [0.5, 0.6) is 0 Å². The van der Waals surface area contributed by atoms with Gasteiger partial charge in [0.25, 0.3) is 0 Å². The molecular weight excluding hydrogens is 328 g/mol. The Kier molecular flexibility index (Phi) is 4.65. The summed E-state index contributed by atoms with van der Waals surface area (Å²) < 4.78 is 1.96. The minimum atomic E-state index is -0.209. The maximum Gasteiger partial charge on any atom is 0.197 e. The first-order valence-electron chi connectivity index (χ1n) is 7.02. The fraction of sp³-hybridized carbons (Fsp3) is 0.118.